The molecule has 3 unspecified atom stereocenters. The lowest BCUT2D eigenvalue weighted by atomic mass is 9.91. The van der Waals surface area contributed by atoms with E-state index >= 15 is 0 Å². The van der Waals surface area contributed by atoms with Gasteiger partial charge >= 0.3 is 13.6 Å². The van der Waals surface area contributed by atoms with E-state index < -0.39 is 67.4 Å². The summed E-state index contributed by atoms with van der Waals surface area (Å²) in [4.78, 5) is 69.4. The molecule has 0 saturated carbocycles. The Morgan fingerprint density at radius 1 is 0.788 bits per heavy atom. The van der Waals surface area contributed by atoms with E-state index in [1.807, 2.05) is 50.2 Å². The summed E-state index contributed by atoms with van der Waals surface area (Å²) in [6, 6.07) is 16.5. The Morgan fingerprint density at radius 3 is 1.67 bits per heavy atom. The zero-order chi connectivity index (χ0) is 39.1. The molecule has 4 amide bonds. The van der Waals surface area contributed by atoms with Crippen molar-refractivity contribution in [2.45, 2.75) is 98.9 Å². The number of nitrogens with zero attached hydrogens (tertiary/aromatic N) is 2. The van der Waals surface area contributed by atoms with Crippen molar-refractivity contribution in [1.29, 1.82) is 0 Å². The van der Waals surface area contributed by atoms with E-state index in [4.69, 9.17) is 9.05 Å². The summed E-state index contributed by atoms with van der Waals surface area (Å²) in [6.45, 7) is 13.8. The van der Waals surface area contributed by atoms with Gasteiger partial charge in [-0.05, 0) is 50.2 Å². The van der Waals surface area contributed by atoms with Crippen molar-refractivity contribution in [2.24, 2.45) is 11.8 Å². The fourth-order valence-corrected chi connectivity index (χ4v) is 7.72. The van der Waals surface area contributed by atoms with Crippen LogP contribution in [0.15, 0.2) is 60.7 Å². The van der Waals surface area contributed by atoms with Crippen molar-refractivity contribution >= 4 is 37.2 Å². The van der Waals surface area contributed by atoms with Crippen LogP contribution >= 0.6 is 7.60 Å². The molecule has 0 fully saturated rings. The molecule has 52 heavy (non-hydrogen) atoms. The minimum absolute atomic E-state index is 0.00586. The minimum Gasteiger partial charge on any atom is -0.481 e. The van der Waals surface area contributed by atoms with Crippen LogP contribution in [0.2, 0.25) is 0 Å². The molecule has 0 radical (unpaired) electrons. The summed E-state index contributed by atoms with van der Waals surface area (Å²) < 4.78 is 24.2. The average Bonchev–Trinajstić information content (AvgIpc) is 3.04. The predicted molar refractivity (Wildman–Crippen MR) is 199 cm³/mol. The minimum atomic E-state index is -3.83. The summed E-state index contributed by atoms with van der Waals surface area (Å²) >= 11 is 0. The second-order valence-electron chi connectivity index (χ2n) is 13.8. The molecule has 0 aliphatic heterocycles. The van der Waals surface area contributed by atoms with Gasteiger partial charge in [0.2, 0.25) is 23.6 Å². The zero-order valence-electron chi connectivity index (χ0n) is 31.8. The summed E-state index contributed by atoms with van der Waals surface area (Å²) in [7, 11) is -3.83. The van der Waals surface area contributed by atoms with Crippen LogP contribution in [-0.2, 0) is 50.7 Å². The Morgan fingerprint density at radius 2 is 1.25 bits per heavy atom. The molecule has 0 aliphatic carbocycles. The second-order valence-corrected chi connectivity index (χ2v) is 15.8. The SMILES string of the molecule is CCOP(=O)(CC(=O)N(Cc1ccccc1)C(C(=O)NC(C)(CCNC(=O)C(C(C)C)N(Cc1ccccc1)C(C)=O)CC(=O)O)C(C)C)OCC. The number of carbonyl (C=O) groups excluding carboxylic acids is 4. The van der Waals surface area contributed by atoms with Gasteiger partial charge in [0.1, 0.15) is 18.2 Å². The quantitative estimate of drug-likeness (QED) is 0.137. The van der Waals surface area contributed by atoms with Gasteiger partial charge in [0.15, 0.2) is 0 Å². The lowest BCUT2D eigenvalue weighted by Gasteiger charge is -2.38. The summed E-state index contributed by atoms with van der Waals surface area (Å²) in [6.07, 6.45) is -1.03. The number of carboxylic acid groups (broad SMARTS) is 1. The van der Waals surface area contributed by atoms with Crippen molar-refractivity contribution in [2.75, 3.05) is 25.9 Å². The van der Waals surface area contributed by atoms with Crippen LogP contribution in [0.25, 0.3) is 0 Å². The molecule has 2 rings (SSSR count). The predicted octanol–water partition coefficient (Wildman–Crippen LogP) is 5.24. The molecule has 2 aromatic carbocycles. The van der Waals surface area contributed by atoms with Crippen LogP contribution in [0.5, 0.6) is 0 Å². The van der Waals surface area contributed by atoms with E-state index in [0.717, 1.165) is 11.1 Å². The number of hydrogen-bond donors (Lipinski definition) is 3. The van der Waals surface area contributed by atoms with E-state index in [1.165, 1.54) is 16.7 Å². The third-order valence-corrected chi connectivity index (χ3v) is 10.5. The van der Waals surface area contributed by atoms with Crippen LogP contribution in [-0.4, -0.2) is 88.0 Å². The monoisotopic (exact) mass is 744 g/mol. The molecule has 0 saturated heterocycles. The second kappa shape index (κ2) is 20.8. The third-order valence-electron chi connectivity index (χ3n) is 8.51. The summed E-state index contributed by atoms with van der Waals surface area (Å²) in [5.74, 6) is -3.77. The topological polar surface area (TPSA) is 172 Å². The fraction of sp³-hybridized carbons (Fsp3) is 0.553. The van der Waals surface area contributed by atoms with Gasteiger partial charge in [-0.3, -0.25) is 28.5 Å². The molecule has 0 aliphatic rings. The van der Waals surface area contributed by atoms with Crippen LogP contribution in [0.1, 0.15) is 79.4 Å². The first kappa shape index (κ1) is 44.1. The Bertz CT molecular complexity index is 1510. The lowest BCUT2D eigenvalue weighted by molar-refractivity contribution is -0.144. The molecule has 0 spiro atoms. The van der Waals surface area contributed by atoms with Gasteiger partial charge in [0.05, 0.1) is 19.6 Å². The van der Waals surface area contributed by atoms with Gasteiger partial charge in [-0.1, -0.05) is 88.4 Å². The molecular weight excluding hydrogens is 687 g/mol. The fourth-order valence-electron chi connectivity index (χ4n) is 6.16. The van der Waals surface area contributed by atoms with Gasteiger partial charge in [-0.15, -0.1) is 0 Å². The molecule has 0 heterocycles. The normalized spacial score (nSPS) is 13.9. The highest BCUT2D eigenvalue weighted by atomic mass is 31.2. The van der Waals surface area contributed by atoms with Crippen molar-refractivity contribution in [3.63, 3.8) is 0 Å². The molecule has 3 N–H and O–H groups in total. The van der Waals surface area contributed by atoms with Gasteiger partial charge in [-0.25, -0.2) is 0 Å². The van der Waals surface area contributed by atoms with Crippen molar-refractivity contribution in [3.05, 3.63) is 71.8 Å². The summed E-state index contributed by atoms with van der Waals surface area (Å²) in [5, 5.41) is 15.6. The largest absolute Gasteiger partial charge is 0.481 e. The van der Waals surface area contributed by atoms with E-state index in [0.29, 0.717) is 0 Å². The Balaban J connectivity index is 2.35. The first-order valence-corrected chi connectivity index (χ1v) is 19.5. The van der Waals surface area contributed by atoms with Crippen LogP contribution in [0, 0.1) is 11.8 Å². The smallest absolute Gasteiger partial charge is 0.340 e. The van der Waals surface area contributed by atoms with Gasteiger partial charge < -0.3 is 34.6 Å². The average molecular weight is 745 g/mol. The summed E-state index contributed by atoms with van der Waals surface area (Å²) in [5.41, 5.74) is 0.236. The number of hydrogen-bond acceptors (Lipinski definition) is 8. The third kappa shape index (κ3) is 13.8. The van der Waals surface area contributed by atoms with E-state index in [9.17, 15) is 33.6 Å². The number of nitrogens with one attached hydrogen (secondary N) is 2. The number of carbonyl (C=O) groups is 5. The van der Waals surface area contributed by atoms with Crippen LogP contribution < -0.4 is 10.6 Å². The number of aliphatic carboxylic acids is 1. The van der Waals surface area contributed by atoms with E-state index in [-0.39, 0.29) is 51.1 Å². The number of benzene rings is 2. The Hall–Kier alpha value is -4.06. The molecule has 3 atom stereocenters. The van der Waals surface area contributed by atoms with Crippen molar-refractivity contribution in [1.82, 2.24) is 20.4 Å². The Labute approximate surface area is 308 Å². The van der Waals surface area contributed by atoms with Gasteiger partial charge in [0.25, 0.3) is 0 Å². The van der Waals surface area contributed by atoms with E-state index in [1.54, 1.807) is 58.9 Å². The molecule has 13 nitrogen and oxygen atoms in total. The maximum absolute atomic E-state index is 14.2. The maximum atomic E-state index is 14.2. The van der Waals surface area contributed by atoms with Crippen molar-refractivity contribution < 1.29 is 42.7 Å². The first-order valence-electron chi connectivity index (χ1n) is 17.8. The first-order chi connectivity index (χ1) is 24.5. The molecule has 0 aromatic heterocycles. The highest BCUT2D eigenvalue weighted by Crippen LogP contribution is 2.48. The number of carboxylic acids is 1. The lowest BCUT2D eigenvalue weighted by Crippen LogP contribution is -2.59. The molecule has 288 valence electrons. The Kier molecular flexibility index (Phi) is 17.7. The van der Waals surface area contributed by atoms with Gasteiger partial charge in [0, 0.05) is 32.1 Å². The number of rotatable bonds is 22. The zero-order valence-corrected chi connectivity index (χ0v) is 32.7. The number of amides is 4. The molecule has 14 heteroatoms. The van der Waals surface area contributed by atoms with Crippen LogP contribution in [0.3, 0.4) is 0 Å². The van der Waals surface area contributed by atoms with Crippen LogP contribution in [0.4, 0.5) is 0 Å². The van der Waals surface area contributed by atoms with Gasteiger partial charge in [-0.2, -0.15) is 0 Å². The highest BCUT2D eigenvalue weighted by Gasteiger charge is 2.40. The van der Waals surface area contributed by atoms with E-state index in [2.05, 4.69) is 10.6 Å². The maximum Gasteiger partial charge on any atom is 0.340 e. The molecule has 0 bridgehead atoms. The standard InChI is InChI=1S/C38H57N4O9P/c1-9-50-52(49,51-10-2)26-32(44)42(25-31-19-15-12-16-20-31)35(28(5)6)37(48)40-38(8,23-33(45)46)21-22-39-36(47)34(27(3)4)41(29(7)43)24-30-17-13-11-14-18-30/h11-20,27-28,34-35H,9-10,21-26H2,1-8H3,(H,39,47)(H,40,48)(H,45,46). The molecular formula is C38H57N4O9P. The van der Waals surface area contributed by atoms with Crippen molar-refractivity contribution in [3.8, 4) is 0 Å². The molecule has 2 aromatic rings. The highest BCUT2D eigenvalue weighted by molar-refractivity contribution is 7.54.